The average molecular weight is 753 g/mol. The standard InChI is InChI=1S/C33H32F3IN2O7/c1-19-3-5-20(6-4-19)17-39(32(44)22-7-9-24(10-8-22)33(34,35)36)26-15-23(31(43)38-11-12-40)16-27(29(26)42)46-30-25(37)13-21(18-41)14-28(30)45-2/h3-10,13-14,16,18,26-27,29,40,42H,11-12,15,17H2,1-2H3,(H,38,43). The van der Waals surface area contributed by atoms with Crippen LogP contribution in [0, 0.1) is 10.5 Å². The van der Waals surface area contributed by atoms with Crippen LogP contribution in [0.25, 0.3) is 0 Å². The number of nitrogens with one attached hydrogen (secondary N) is 1. The monoisotopic (exact) mass is 752 g/mol. The van der Waals surface area contributed by atoms with E-state index in [0.29, 0.717) is 21.0 Å². The van der Waals surface area contributed by atoms with E-state index in [1.54, 1.807) is 18.2 Å². The molecule has 2 amide bonds. The van der Waals surface area contributed by atoms with Crippen LogP contribution in [0.2, 0.25) is 0 Å². The predicted molar refractivity (Wildman–Crippen MR) is 171 cm³/mol. The van der Waals surface area contributed by atoms with E-state index in [2.05, 4.69) is 5.32 Å². The number of methoxy groups -OCH3 is 1. The molecule has 0 radical (unpaired) electrons. The maximum atomic E-state index is 14.0. The number of alkyl halides is 3. The Balaban J connectivity index is 1.78. The lowest BCUT2D eigenvalue weighted by molar-refractivity contribution is -0.137. The Morgan fingerprint density at radius 3 is 2.37 bits per heavy atom. The number of halogens is 4. The molecule has 3 aromatic carbocycles. The number of nitrogens with zero attached hydrogens (tertiary/aromatic N) is 1. The van der Waals surface area contributed by atoms with E-state index in [9.17, 15) is 37.8 Å². The topological polar surface area (TPSA) is 125 Å². The van der Waals surface area contributed by atoms with Gasteiger partial charge in [-0.2, -0.15) is 13.2 Å². The molecule has 3 unspecified atom stereocenters. The third-order valence-corrected chi connectivity index (χ3v) is 8.25. The molecule has 1 aliphatic carbocycles. The zero-order chi connectivity index (χ0) is 33.6. The number of aliphatic hydroxyl groups excluding tert-OH is 2. The van der Waals surface area contributed by atoms with Crippen LogP contribution >= 0.6 is 22.6 Å². The molecule has 1 aliphatic rings. The highest BCUT2D eigenvalue weighted by Gasteiger charge is 2.41. The van der Waals surface area contributed by atoms with E-state index in [4.69, 9.17) is 9.47 Å². The lowest BCUT2D eigenvalue weighted by Crippen LogP contribution is -2.54. The van der Waals surface area contributed by atoms with Crippen LogP contribution in [0.3, 0.4) is 0 Å². The van der Waals surface area contributed by atoms with Crippen molar-refractivity contribution in [2.45, 2.75) is 44.3 Å². The minimum Gasteiger partial charge on any atom is -0.493 e. The third-order valence-electron chi connectivity index (χ3n) is 7.45. The van der Waals surface area contributed by atoms with Crippen molar-refractivity contribution in [2.75, 3.05) is 20.3 Å². The Morgan fingerprint density at radius 2 is 1.78 bits per heavy atom. The fourth-order valence-electron chi connectivity index (χ4n) is 5.04. The molecule has 0 aliphatic heterocycles. The molecule has 3 atom stereocenters. The predicted octanol–water partition coefficient (Wildman–Crippen LogP) is 4.70. The summed E-state index contributed by atoms with van der Waals surface area (Å²) in [6.07, 6.45) is -5.31. The molecular formula is C33H32F3IN2O7. The number of amides is 2. The summed E-state index contributed by atoms with van der Waals surface area (Å²) in [6.45, 7) is 1.47. The second-order valence-corrected chi connectivity index (χ2v) is 11.8. The van der Waals surface area contributed by atoms with Gasteiger partial charge in [0.2, 0.25) is 5.91 Å². The van der Waals surface area contributed by atoms with Gasteiger partial charge in [0.25, 0.3) is 5.91 Å². The molecule has 0 fully saturated rings. The number of hydrogen-bond acceptors (Lipinski definition) is 7. The molecule has 0 saturated carbocycles. The van der Waals surface area contributed by atoms with Gasteiger partial charge < -0.3 is 29.9 Å². The summed E-state index contributed by atoms with van der Waals surface area (Å²) >= 11 is 1.94. The first-order valence-corrected chi connectivity index (χ1v) is 15.2. The summed E-state index contributed by atoms with van der Waals surface area (Å²) < 4.78 is 51.9. The molecule has 244 valence electrons. The number of aryl methyl sites for hydroxylation is 1. The van der Waals surface area contributed by atoms with Gasteiger partial charge in [-0.3, -0.25) is 14.4 Å². The van der Waals surface area contributed by atoms with Crippen LogP contribution in [0.15, 0.2) is 72.3 Å². The quantitative estimate of drug-likeness (QED) is 0.192. The Morgan fingerprint density at radius 1 is 1.11 bits per heavy atom. The number of carbonyl (C=O) groups is 3. The molecular weight excluding hydrogens is 720 g/mol. The van der Waals surface area contributed by atoms with Crippen LogP contribution < -0.4 is 14.8 Å². The minimum atomic E-state index is -4.60. The van der Waals surface area contributed by atoms with E-state index in [1.165, 1.54) is 24.2 Å². The normalized spacial score (nSPS) is 17.9. The Hall–Kier alpha value is -3.95. The fraction of sp³-hybridized carbons (Fsp3) is 0.303. The van der Waals surface area contributed by atoms with Gasteiger partial charge in [0.05, 0.1) is 28.9 Å². The summed E-state index contributed by atoms with van der Waals surface area (Å²) in [4.78, 5) is 39.9. The number of hydrogen-bond donors (Lipinski definition) is 3. The van der Waals surface area contributed by atoms with E-state index in [1.807, 2.05) is 41.6 Å². The van der Waals surface area contributed by atoms with Crippen molar-refractivity contribution in [1.29, 1.82) is 0 Å². The van der Waals surface area contributed by atoms with Gasteiger partial charge in [-0.25, -0.2) is 0 Å². The van der Waals surface area contributed by atoms with Crippen LogP contribution in [0.4, 0.5) is 13.2 Å². The molecule has 13 heteroatoms. The lowest BCUT2D eigenvalue weighted by Gasteiger charge is -2.40. The first kappa shape index (κ1) is 34.9. The largest absolute Gasteiger partial charge is 0.493 e. The molecule has 0 heterocycles. The van der Waals surface area contributed by atoms with Crippen LogP contribution in [-0.4, -0.2) is 71.7 Å². The first-order valence-electron chi connectivity index (χ1n) is 14.2. The van der Waals surface area contributed by atoms with Gasteiger partial charge in [0.1, 0.15) is 18.5 Å². The van der Waals surface area contributed by atoms with E-state index in [-0.39, 0.29) is 48.8 Å². The van der Waals surface area contributed by atoms with Gasteiger partial charge in [0.15, 0.2) is 11.5 Å². The summed E-state index contributed by atoms with van der Waals surface area (Å²) in [5.41, 5.74) is 1.15. The fourth-order valence-corrected chi connectivity index (χ4v) is 5.79. The van der Waals surface area contributed by atoms with E-state index >= 15 is 0 Å². The number of benzene rings is 3. The molecule has 0 spiro atoms. The maximum absolute atomic E-state index is 14.0. The van der Waals surface area contributed by atoms with Crippen molar-refractivity contribution in [2.24, 2.45) is 0 Å². The highest BCUT2D eigenvalue weighted by molar-refractivity contribution is 14.1. The number of ether oxygens (including phenoxy) is 2. The highest BCUT2D eigenvalue weighted by Crippen LogP contribution is 2.37. The molecule has 9 nitrogen and oxygen atoms in total. The summed E-state index contributed by atoms with van der Waals surface area (Å²) in [5.74, 6) is -0.851. The maximum Gasteiger partial charge on any atom is 0.416 e. The zero-order valence-electron chi connectivity index (χ0n) is 24.9. The SMILES string of the molecule is COc1cc(C=O)cc(I)c1OC1C=C(C(=O)NCCO)CC(N(Cc2ccc(C)cc2)C(=O)c2ccc(C(F)(F)F)cc2)C1O. The second kappa shape index (κ2) is 15.1. The molecule has 46 heavy (non-hydrogen) atoms. The van der Waals surface area contributed by atoms with Gasteiger partial charge in [0, 0.05) is 36.2 Å². The number of carbonyl (C=O) groups excluding carboxylic acids is 3. The Kier molecular flexibility index (Phi) is 11.5. The smallest absolute Gasteiger partial charge is 0.416 e. The molecule has 4 rings (SSSR count). The molecule has 3 aromatic rings. The number of aldehydes is 1. The first-order chi connectivity index (χ1) is 21.9. The second-order valence-electron chi connectivity index (χ2n) is 10.7. The van der Waals surface area contributed by atoms with Gasteiger partial charge >= 0.3 is 6.18 Å². The highest BCUT2D eigenvalue weighted by atomic mass is 127. The summed E-state index contributed by atoms with van der Waals surface area (Å²) in [6, 6.07) is 12.9. The van der Waals surface area contributed by atoms with Crippen molar-refractivity contribution < 1.29 is 47.2 Å². The van der Waals surface area contributed by atoms with Crippen molar-refractivity contribution in [3.05, 3.63) is 104 Å². The van der Waals surface area contributed by atoms with Crippen molar-refractivity contribution >= 4 is 40.7 Å². The Bertz CT molecular complexity index is 1590. The molecule has 3 N–H and O–H groups in total. The minimum absolute atomic E-state index is 0.0466. The van der Waals surface area contributed by atoms with Crippen molar-refractivity contribution in [1.82, 2.24) is 10.2 Å². The lowest BCUT2D eigenvalue weighted by atomic mass is 9.87. The zero-order valence-corrected chi connectivity index (χ0v) is 27.0. The van der Waals surface area contributed by atoms with E-state index < -0.39 is 41.8 Å². The van der Waals surface area contributed by atoms with Crippen LogP contribution in [-0.2, 0) is 17.5 Å². The third kappa shape index (κ3) is 8.25. The van der Waals surface area contributed by atoms with Crippen molar-refractivity contribution in [3.8, 4) is 11.5 Å². The summed E-state index contributed by atoms with van der Waals surface area (Å²) in [7, 11) is 1.38. The van der Waals surface area contributed by atoms with Gasteiger partial charge in [-0.1, -0.05) is 29.8 Å². The average Bonchev–Trinajstić information content (AvgIpc) is 3.04. The molecule has 0 aromatic heterocycles. The van der Waals surface area contributed by atoms with Gasteiger partial charge in [-0.15, -0.1) is 0 Å². The van der Waals surface area contributed by atoms with Crippen LogP contribution in [0.5, 0.6) is 11.5 Å². The summed E-state index contributed by atoms with van der Waals surface area (Å²) in [5, 5.41) is 23.6. The van der Waals surface area contributed by atoms with Gasteiger partial charge in [-0.05, 0) is 77.6 Å². The van der Waals surface area contributed by atoms with E-state index in [0.717, 1.165) is 29.8 Å². The molecule has 0 bridgehead atoms. The van der Waals surface area contributed by atoms with Crippen molar-refractivity contribution in [3.63, 3.8) is 0 Å². The Labute approximate surface area is 277 Å². The number of rotatable bonds is 11. The van der Waals surface area contributed by atoms with Crippen LogP contribution in [0.1, 0.15) is 43.8 Å². The number of aliphatic hydroxyl groups is 2. The molecule has 0 saturated heterocycles.